The summed E-state index contributed by atoms with van der Waals surface area (Å²) in [7, 11) is 0. The fourth-order valence-electron chi connectivity index (χ4n) is 2.23. The smallest absolute Gasteiger partial charge is 0.0643 e. The Kier molecular flexibility index (Phi) is 5.21. The van der Waals surface area contributed by atoms with Crippen LogP contribution in [-0.2, 0) is 6.42 Å². The monoisotopic (exact) mass is 291 g/mol. The number of benzene rings is 1. The van der Waals surface area contributed by atoms with Crippen LogP contribution >= 0.6 is 11.6 Å². The molecular weight excluding hydrogens is 270 g/mol. The fraction of sp³-hybridized carbons (Fsp3) is 0.438. The van der Waals surface area contributed by atoms with Crippen LogP contribution < -0.4 is 5.32 Å². The molecule has 108 valence electrons. The average Bonchev–Trinajstić information content (AvgIpc) is 2.88. The number of rotatable bonds is 6. The molecule has 0 spiro atoms. The number of likely N-dealkylation sites (N-methyl/N-ethyl adjacent to an activating group) is 1. The minimum Gasteiger partial charge on any atom is -0.310 e. The first-order chi connectivity index (χ1) is 9.60. The molecule has 0 saturated heterocycles. The Hall–Kier alpha value is -1.32. The van der Waals surface area contributed by atoms with Gasteiger partial charge in [-0.05, 0) is 44.2 Å². The molecule has 0 bridgehead atoms. The summed E-state index contributed by atoms with van der Waals surface area (Å²) in [5, 5.41) is 8.91. The van der Waals surface area contributed by atoms with Crippen molar-refractivity contribution in [2.45, 2.75) is 39.3 Å². The van der Waals surface area contributed by atoms with Gasteiger partial charge >= 0.3 is 0 Å². The molecule has 3 nitrogen and oxygen atoms in total. The second-order valence-electron chi connectivity index (χ2n) is 5.25. The van der Waals surface area contributed by atoms with Crippen molar-refractivity contribution in [3.8, 4) is 0 Å². The van der Waals surface area contributed by atoms with Gasteiger partial charge in [0.15, 0.2) is 0 Å². The maximum absolute atomic E-state index is 5.96. The van der Waals surface area contributed by atoms with Crippen molar-refractivity contribution in [3.05, 3.63) is 52.8 Å². The van der Waals surface area contributed by atoms with Crippen LogP contribution in [0, 0.1) is 0 Å². The van der Waals surface area contributed by atoms with Crippen molar-refractivity contribution in [1.82, 2.24) is 15.1 Å². The van der Waals surface area contributed by atoms with Gasteiger partial charge in [-0.25, -0.2) is 0 Å². The van der Waals surface area contributed by atoms with Crippen molar-refractivity contribution < 1.29 is 0 Å². The Morgan fingerprint density at radius 3 is 2.45 bits per heavy atom. The molecule has 0 amide bonds. The third-order valence-electron chi connectivity index (χ3n) is 3.33. The highest BCUT2D eigenvalue weighted by Gasteiger charge is 2.13. The summed E-state index contributed by atoms with van der Waals surface area (Å²) in [6, 6.07) is 10.8. The summed E-state index contributed by atoms with van der Waals surface area (Å²) in [5.74, 6) is 0. The van der Waals surface area contributed by atoms with Crippen molar-refractivity contribution in [2.24, 2.45) is 0 Å². The molecule has 1 unspecified atom stereocenters. The molecule has 0 aliphatic carbocycles. The van der Waals surface area contributed by atoms with Gasteiger partial charge in [-0.15, -0.1) is 0 Å². The van der Waals surface area contributed by atoms with Crippen LogP contribution in [0.15, 0.2) is 36.5 Å². The minimum atomic E-state index is 0.271. The highest BCUT2D eigenvalue weighted by atomic mass is 35.5. The van der Waals surface area contributed by atoms with Gasteiger partial charge in [0, 0.05) is 29.7 Å². The molecule has 1 heterocycles. The number of nitrogens with one attached hydrogen (secondary N) is 1. The highest BCUT2D eigenvalue weighted by Crippen LogP contribution is 2.20. The molecule has 1 aromatic heterocycles. The first-order valence-electron chi connectivity index (χ1n) is 7.13. The summed E-state index contributed by atoms with van der Waals surface area (Å²) in [6.07, 6.45) is 2.93. The quantitative estimate of drug-likeness (QED) is 0.871. The minimum absolute atomic E-state index is 0.271. The third kappa shape index (κ3) is 3.84. The zero-order chi connectivity index (χ0) is 14.5. The molecular formula is C16H22ClN3. The molecule has 0 fully saturated rings. The lowest BCUT2D eigenvalue weighted by Gasteiger charge is -2.17. The summed E-state index contributed by atoms with van der Waals surface area (Å²) < 4.78 is 2.00. The van der Waals surface area contributed by atoms with E-state index in [0.717, 1.165) is 23.7 Å². The van der Waals surface area contributed by atoms with E-state index < -0.39 is 0 Å². The largest absolute Gasteiger partial charge is 0.310 e. The normalized spacial score (nSPS) is 12.8. The van der Waals surface area contributed by atoms with Crippen molar-refractivity contribution in [3.63, 3.8) is 0 Å². The average molecular weight is 292 g/mol. The van der Waals surface area contributed by atoms with E-state index >= 15 is 0 Å². The Bertz CT molecular complexity index is 531. The van der Waals surface area contributed by atoms with Gasteiger partial charge < -0.3 is 5.32 Å². The zero-order valence-electron chi connectivity index (χ0n) is 12.3. The van der Waals surface area contributed by atoms with E-state index in [1.807, 2.05) is 23.0 Å². The molecule has 0 aliphatic heterocycles. The molecule has 1 atom stereocenters. The second kappa shape index (κ2) is 6.91. The van der Waals surface area contributed by atoms with Crippen LogP contribution in [0.4, 0.5) is 0 Å². The first kappa shape index (κ1) is 15.1. The molecule has 0 saturated carbocycles. The molecule has 0 radical (unpaired) electrons. The van der Waals surface area contributed by atoms with Gasteiger partial charge in [-0.1, -0.05) is 30.7 Å². The summed E-state index contributed by atoms with van der Waals surface area (Å²) >= 11 is 5.96. The molecule has 2 rings (SSSR count). The summed E-state index contributed by atoms with van der Waals surface area (Å²) in [6.45, 7) is 7.32. The molecule has 1 aromatic carbocycles. The van der Waals surface area contributed by atoms with Crippen LogP contribution in [0.3, 0.4) is 0 Å². The number of hydrogen-bond acceptors (Lipinski definition) is 2. The third-order valence-corrected chi connectivity index (χ3v) is 3.58. The second-order valence-corrected chi connectivity index (χ2v) is 5.68. The number of hydrogen-bond donors (Lipinski definition) is 1. The molecule has 20 heavy (non-hydrogen) atoms. The Labute approximate surface area is 126 Å². The Morgan fingerprint density at radius 2 is 1.90 bits per heavy atom. The molecule has 2 aromatic rings. The molecule has 0 aliphatic rings. The predicted octanol–water partition coefficient (Wildman–Crippen LogP) is 4.01. The highest BCUT2D eigenvalue weighted by molar-refractivity contribution is 6.30. The van der Waals surface area contributed by atoms with Gasteiger partial charge in [0.05, 0.1) is 5.69 Å². The van der Waals surface area contributed by atoms with Crippen molar-refractivity contribution in [2.75, 3.05) is 6.54 Å². The number of aromatic nitrogens is 2. The Morgan fingerprint density at radius 1 is 1.20 bits per heavy atom. The fourth-order valence-corrected chi connectivity index (χ4v) is 2.36. The van der Waals surface area contributed by atoms with Crippen LogP contribution in [-0.4, -0.2) is 16.3 Å². The van der Waals surface area contributed by atoms with E-state index in [2.05, 4.69) is 49.4 Å². The van der Waals surface area contributed by atoms with Gasteiger partial charge in [0.1, 0.15) is 0 Å². The maximum atomic E-state index is 5.96. The van der Waals surface area contributed by atoms with E-state index in [9.17, 15) is 0 Å². The van der Waals surface area contributed by atoms with E-state index in [-0.39, 0.29) is 6.04 Å². The lowest BCUT2D eigenvalue weighted by atomic mass is 10.0. The van der Waals surface area contributed by atoms with E-state index in [1.165, 1.54) is 5.56 Å². The molecule has 1 N–H and O–H groups in total. The molecule has 4 heteroatoms. The first-order valence-corrected chi connectivity index (χ1v) is 7.50. The maximum Gasteiger partial charge on any atom is 0.0643 e. The van der Waals surface area contributed by atoms with Crippen LogP contribution in [0.2, 0.25) is 5.02 Å². The zero-order valence-corrected chi connectivity index (χ0v) is 13.1. The number of halogens is 1. The van der Waals surface area contributed by atoms with Gasteiger partial charge in [-0.3, -0.25) is 4.68 Å². The lowest BCUT2D eigenvalue weighted by molar-refractivity contribution is 0.506. The van der Waals surface area contributed by atoms with E-state index in [1.54, 1.807) is 0 Å². The Balaban J connectivity index is 2.14. The summed E-state index contributed by atoms with van der Waals surface area (Å²) in [5.41, 5.74) is 2.36. The van der Waals surface area contributed by atoms with Gasteiger partial charge in [0.25, 0.3) is 0 Å². The predicted molar refractivity (Wildman–Crippen MR) is 84.2 cm³/mol. The van der Waals surface area contributed by atoms with Crippen molar-refractivity contribution in [1.29, 1.82) is 0 Å². The van der Waals surface area contributed by atoms with Gasteiger partial charge in [0.2, 0.25) is 0 Å². The van der Waals surface area contributed by atoms with Gasteiger partial charge in [-0.2, -0.15) is 5.10 Å². The standard InChI is InChI=1S/C16H22ClN3/c1-4-18-16(13-5-7-14(17)8-6-13)11-15-9-10-20(19-15)12(2)3/h5-10,12,16,18H,4,11H2,1-3H3. The SMILES string of the molecule is CCNC(Cc1ccn(C(C)C)n1)c1ccc(Cl)cc1. The van der Waals surface area contributed by atoms with Crippen LogP contribution in [0.5, 0.6) is 0 Å². The number of nitrogens with zero attached hydrogens (tertiary/aromatic N) is 2. The lowest BCUT2D eigenvalue weighted by Crippen LogP contribution is -2.23. The topological polar surface area (TPSA) is 29.9 Å². The summed E-state index contributed by atoms with van der Waals surface area (Å²) in [4.78, 5) is 0. The van der Waals surface area contributed by atoms with Crippen LogP contribution in [0.25, 0.3) is 0 Å². The van der Waals surface area contributed by atoms with E-state index in [0.29, 0.717) is 6.04 Å². The van der Waals surface area contributed by atoms with E-state index in [4.69, 9.17) is 11.6 Å². The van der Waals surface area contributed by atoms with Crippen LogP contribution in [0.1, 0.15) is 44.1 Å². The van der Waals surface area contributed by atoms with Crippen molar-refractivity contribution >= 4 is 11.6 Å².